The molecule has 0 bridgehead atoms. The number of fused-ring (bicyclic) bond motifs is 3. The van der Waals surface area contributed by atoms with E-state index in [-0.39, 0.29) is 0 Å². The van der Waals surface area contributed by atoms with Gasteiger partial charge in [0.05, 0.1) is 12.8 Å². The van der Waals surface area contributed by atoms with Crippen molar-refractivity contribution in [3.63, 3.8) is 0 Å². The van der Waals surface area contributed by atoms with Crippen LogP contribution in [0.4, 0.5) is 10.8 Å². The van der Waals surface area contributed by atoms with Crippen molar-refractivity contribution in [2.75, 3.05) is 12.4 Å². The van der Waals surface area contributed by atoms with Crippen LogP contribution in [0.1, 0.15) is 10.4 Å². The minimum atomic E-state index is 0.714. The molecule has 22 heavy (non-hydrogen) atoms. The van der Waals surface area contributed by atoms with Gasteiger partial charge in [0.1, 0.15) is 5.75 Å². The molecule has 3 nitrogen and oxygen atoms in total. The van der Waals surface area contributed by atoms with Gasteiger partial charge in [-0.05, 0) is 42.0 Å². The maximum atomic E-state index is 6.01. The highest BCUT2D eigenvalue weighted by atomic mass is 35.5. The first kappa shape index (κ1) is 13.6. The lowest BCUT2D eigenvalue weighted by Crippen LogP contribution is -1.90. The molecule has 0 saturated carbocycles. The Hall–Kier alpha value is -2.04. The number of anilines is 2. The Labute approximate surface area is 137 Å². The molecule has 0 unspecified atom stereocenters. The third-order valence-corrected chi connectivity index (χ3v) is 4.90. The minimum absolute atomic E-state index is 0.714. The van der Waals surface area contributed by atoms with Gasteiger partial charge in [0, 0.05) is 27.6 Å². The van der Waals surface area contributed by atoms with Crippen molar-refractivity contribution in [1.82, 2.24) is 4.98 Å². The number of hydrogen-bond donors (Lipinski definition) is 1. The van der Waals surface area contributed by atoms with Gasteiger partial charge in [0.2, 0.25) is 0 Å². The van der Waals surface area contributed by atoms with E-state index in [1.165, 1.54) is 16.0 Å². The van der Waals surface area contributed by atoms with Gasteiger partial charge < -0.3 is 10.1 Å². The highest BCUT2D eigenvalue weighted by Gasteiger charge is 2.23. The maximum absolute atomic E-state index is 6.01. The van der Waals surface area contributed by atoms with Crippen LogP contribution in [0.2, 0.25) is 5.02 Å². The summed E-state index contributed by atoms with van der Waals surface area (Å²) in [5, 5.41) is 4.94. The lowest BCUT2D eigenvalue weighted by Gasteiger charge is -2.05. The molecule has 1 aliphatic rings. The molecule has 0 fully saturated rings. The van der Waals surface area contributed by atoms with E-state index >= 15 is 0 Å². The van der Waals surface area contributed by atoms with Gasteiger partial charge in [-0.3, -0.25) is 0 Å². The van der Waals surface area contributed by atoms with E-state index in [2.05, 4.69) is 17.4 Å². The zero-order valence-corrected chi connectivity index (χ0v) is 13.5. The number of ether oxygens (including phenoxy) is 1. The summed E-state index contributed by atoms with van der Waals surface area (Å²) in [6.45, 7) is 0. The average Bonchev–Trinajstić information content (AvgIpc) is 3.03. The van der Waals surface area contributed by atoms with Gasteiger partial charge >= 0.3 is 0 Å². The molecule has 3 aromatic rings. The van der Waals surface area contributed by atoms with E-state index in [0.717, 1.165) is 28.7 Å². The predicted molar refractivity (Wildman–Crippen MR) is 91.6 cm³/mol. The first-order valence-electron chi connectivity index (χ1n) is 6.92. The Bertz CT molecular complexity index is 860. The van der Waals surface area contributed by atoms with Crippen molar-refractivity contribution in [2.45, 2.75) is 6.42 Å². The number of nitrogens with zero attached hydrogens (tertiary/aromatic N) is 1. The summed E-state index contributed by atoms with van der Waals surface area (Å²) in [5.41, 5.74) is 4.51. The summed E-state index contributed by atoms with van der Waals surface area (Å²) in [7, 11) is 1.69. The fourth-order valence-electron chi connectivity index (χ4n) is 2.67. The molecule has 110 valence electrons. The molecule has 1 aromatic heterocycles. The van der Waals surface area contributed by atoms with Crippen LogP contribution in [0.25, 0.3) is 11.3 Å². The number of halogens is 1. The monoisotopic (exact) mass is 328 g/mol. The second-order valence-corrected chi connectivity index (χ2v) is 6.65. The molecule has 1 N–H and O–H groups in total. The Kier molecular flexibility index (Phi) is 3.28. The number of aromatic nitrogens is 1. The molecular weight excluding hydrogens is 316 g/mol. The molecule has 0 radical (unpaired) electrons. The second kappa shape index (κ2) is 5.30. The van der Waals surface area contributed by atoms with Gasteiger partial charge in [0.25, 0.3) is 0 Å². The van der Waals surface area contributed by atoms with E-state index < -0.39 is 0 Å². The molecule has 5 heteroatoms. The summed E-state index contributed by atoms with van der Waals surface area (Å²) in [5.74, 6) is 0.895. The van der Waals surface area contributed by atoms with Gasteiger partial charge in [-0.2, -0.15) is 0 Å². The molecular formula is C17H13ClN2OS. The van der Waals surface area contributed by atoms with Gasteiger partial charge in [-0.1, -0.05) is 17.7 Å². The van der Waals surface area contributed by atoms with Crippen LogP contribution in [-0.4, -0.2) is 12.1 Å². The zero-order valence-electron chi connectivity index (χ0n) is 11.9. The van der Waals surface area contributed by atoms with E-state index in [9.17, 15) is 0 Å². The van der Waals surface area contributed by atoms with E-state index in [1.54, 1.807) is 18.4 Å². The van der Waals surface area contributed by atoms with Crippen LogP contribution < -0.4 is 10.1 Å². The van der Waals surface area contributed by atoms with Crippen LogP contribution in [0.15, 0.2) is 42.5 Å². The topological polar surface area (TPSA) is 34.1 Å². The first-order valence-corrected chi connectivity index (χ1v) is 8.12. The number of hydrogen-bond acceptors (Lipinski definition) is 4. The Morgan fingerprint density at radius 1 is 1.23 bits per heavy atom. The Morgan fingerprint density at radius 3 is 2.95 bits per heavy atom. The number of thiazole rings is 1. The first-order chi connectivity index (χ1) is 10.7. The quantitative estimate of drug-likeness (QED) is 0.566. The van der Waals surface area contributed by atoms with Crippen LogP contribution in [0.5, 0.6) is 5.75 Å². The smallest absolute Gasteiger partial charge is 0.187 e. The van der Waals surface area contributed by atoms with Crippen molar-refractivity contribution >= 4 is 33.8 Å². The molecule has 0 amide bonds. The predicted octanol–water partition coefficient (Wildman–Crippen LogP) is 5.12. The number of benzene rings is 2. The summed E-state index contributed by atoms with van der Waals surface area (Å²) in [4.78, 5) is 6.02. The largest absolute Gasteiger partial charge is 0.497 e. The highest BCUT2D eigenvalue weighted by molar-refractivity contribution is 7.16. The summed E-state index contributed by atoms with van der Waals surface area (Å²) >= 11 is 7.70. The third-order valence-electron chi connectivity index (χ3n) is 3.69. The summed E-state index contributed by atoms with van der Waals surface area (Å²) in [6, 6.07) is 13.8. The minimum Gasteiger partial charge on any atom is -0.497 e. The average molecular weight is 329 g/mol. The lowest BCUT2D eigenvalue weighted by molar-refractivity contribution is 0.414. The fraction of sp³-hybridized carbons (Fsp3) is 0.118. The molecule has 2 aromatic carbocycles. The molecule has 1 heterocycles. The van der Waals surface area contributed by atoms with Crippen LogP contribution in [-0.2, 0) is 6.42 Å². The van der Waals surface area contributed by atoms with E-state index in [4.69, 9.17) is 21.3 Å². The van der Waals surface area contributed by atoms with Gasteiger partial charge in [-0.15, -0.1) is 11.3 Å². The SMILES string of the molecule is COc1ccc2c(c1)Cc1sc(Nc3cccc(Cl)c3)nc1-2. The van der Waals surface area contributed by atoms with Crippen molar-refractivity contribution in [1.29, 1.82) is 0 Å². The van der Waals surface area contributed by atoms with Crippen LogP contribution >= 0.6 is 22.9 Å². The number of nitrogens with one attached hydrogen (secondary N) is 1. The van der Waals surface area contributed by atoms with Crippen molar-refractivity contribution in [3.05, 3.63) is 57.9 Å². The van der Waals surface area contributed by atoms with Crippen molar-refractivity contribution < 1.29 is 4.74 Å². The number of rotatable bonds is 3. The maximum Gasteiger partial charge on any atom is 0.187 e. The van der Waals surface area contributed by atoms with Crippen molar-refractivity contribution in [3.8, 4) is 17.0 Å². The van der Waals surface area contributed by atoms with Gasteiger partial charge in [-0.25, -0.2) is 4.98 Å². The van der Waals surface area contributed by atoms with Crippen LogP contribution in [0, 0.1) is 0 Å². The summed E-state index contributed by atoms with van der Waals surface area (Å²) in [6.07, 6.45) is 0.913. The molecule has 0 aliphatic heterocycles. The molecule has 0 spiro atoms. The van der Waals surface area contributed by atoms with E-state index in [0.29, 0.717) is 5.02 Å². The molecule has 0 atom stereocenters. The van der Waals surface area contributed by atoms with Crippen LogP contribution in [0.3, 0.4) is 0 Å². The second-order valence-electron chi connectivity index (χ2n) is 5.13. The Balaban J connectivity index is 1.65. The Morgan fingerprint density at radius 2 is 2.14 bits per heavy atom. The number of methoxy groups -OCH3 is 1. The normalized spacial score (nSPS) is 11.9. The molecule has 4 rings (SSSR count). The standard InChI is InChI=1S/C17H13ClN2OS/c1-21-13-5-6-14-10(7-13)8-15-16(14)20-17(22-15)19-12-4-2-3-11(18)9-12/h2-7,9H,8H2,1H3,(H,19,20). The lowest BCUT2D eigenvalue weighted by atomic mass is 10.1. The van der Waals surface area contributed by atoms with Gasteiger partial charge in [0.15, 0.2) is 5.13 Å². The fourth-order valence-corrected chi connectivity index (χ4v) is 3.88. The summed E-state index contributed by atoms with van der Waals surface area (Å²) < 4.78 is 5.29. The van der Waals surface area contributed by atoms with Crippen molar-refractivity contribution in [2.24, 2.45) is 0 Å². The molecule has 0 saturated heterocycles. The molecule has 1 aliphatic carbocycles. The van der Waals surface area contributed by atoms with E-state index in [1.807, 2.05) is 30.3 Å². The highest BCUT2D eigenvalue weighted by Crippen LogP contribution is 2.42. The zero-order chi connectivity index (χ0) is 15.1. The third kappa shape index (κ3) is 2.34.